The van der Waals surface area contributed by atoms with Crippen LogP contribution in [0.4, 0.5) is 5.69 Å². The van der Waals surface area contributed by atoms with Gasteiger partial charge >= 0.3 is 0 Å². The number of carbonyl (C=O) groups excluding carboxylic acids is 1. The first kappa shape index (κ1) is 25.0. The monoisotopic (exact) mass is 479 g/mol. The molecule has 0 aliphatic carbocycles. The first-order chi connectivity index (χ1) is 16.4. The number of carbonyl (C=O) groups is 1. The average molecular weight is 480 g/mol. The molecule has 34 heavy (non-hydrogen) atoms. The summed E-state index contributed by atoms with van der Waals surface area (Å²) in [4.78, 5) is 12.6. The summed E-state index contributed by atoms with van der Waals surface area (Å²) in [5.41, 5.74) is 5.17. The van der Waals surface area contributed by atoms with Crippen LogP contribution in [0.2, 0.25) is 0 Å². The summed E-state index contributed by atoms with van der Waals surface area (Å²) >= 11 is 0. The zero-order valence-electron chi connectivity index (χ0n) is 19.6. The zero-order valence-corrected chi connectivity index (χ0v) is 20.4. The average Bonchev–Trinajstić information content (AvgIpc) is 2.88. The Labute approximate surface area is 201 Å². The molecule has 0 unspecified atom stereocenters. The van der Waals surface area contributed by atoms with Crippen molar-refractivity contribution in [3.63, 3.8) is 0 Å². The summed E-state index contributed by atoms with van der Waals surface area (Å²) < 4.78 is 33.5. The molecule has 0 heterocycles. The fraction of sp³-hybridized carbons (Fsp3) is 0.231. The molecule has 0 aromatic heterocycles. The van der Waals surface area contributed by atoms with E-state index >= 15 is 0 Å². The van der Waals surface area contributed by atoms with E-state index < -0.39 is 10.0 Å². The Morgan fingerprint density at radius 3 is 2.09 bits per heavy atom. The molecule has 3 aromatic rings. The number of amides is 1. The number of nitrogens with zero attached hydrogens (tertiary/aromatic N) is 2. The van der Waals surface area contributed by atoms with E-state index in [1.165, 1.54) is 4.31 Å². The maximum Gasteiger partial charge on any atom is 0.271 e. The molecule has 3 aromatic carbocycles. The summed E-state index contributed by atoms with van der Waals surface area (Å²) in [6, 6.07) is 22.0. The van der Waals surface area contributed by atoms with E-state index in [2.05, 4.69) is 10.5 Å². The van der Waals surface area contributed by atoms with Gasteiger partial charge in [0, 0.05) is 11.3 Å². The molecule has 7 nitrogen and oxygen atoms in total. The number of methoxy groups -OCH3 is 1. The van der Waals surface area contributed by atoms with Crippen molar-refractivity contribution in [3.05, 3.63) is 90.0 Å². The lowest BCUT2D eigenvalue weighted by molar-refractivity contribution is 0.0954. The first-order valence-corrected chi connectivity index (χ1v) is 12.5. The molecule has 0 fully saturated rings. The van der Waals surface area contributed by atoms with E-state index in [4.69, 9.17) is 4.74 Å². The van der Waals surface area contributed by atoms with Crippen molar-refractivity contribution >= 4 is 27.3 Å². The van der Waals surface area contributed by atoms with Gasteiger partial charge in [-0.2, -0.15) is 5.10 Å². The molecular formula is C26H29N3O4S. The highest BCUT2D eigenvalue weighted by Gasteiger charge is 2.25. The van der Waals surface area contributed by atoms with Crippen LogP contribution in [0.25, 0.3) is 0 Å². The quantitative estimate of drug-likeness (QED) is 0.328. The highest BCUT2D eigenvalue weighted by Crippen LogP contribution is 2.27. The van der Waals surface area contributed by atoms with Gasteiger partial charge < -0.3 is 4.74 Å². The van der Waals surface area contributed by atoms with Crippen molar-refractivity contribution in [3.8, 4) is 5.75 Å². The molecule has 0 aliphatic heterocycles. The summed E-state index contributed by atoms with van der Waals surface area (Å²) in [6.07, 6.45) is 1.54. The third kappa shape index (κ3) is 6.02. The number of sulfonamides is 1. The Morgan fingerprint density at radius 1 is 0.912 bits per heavy atom. The molecule has 3 rings (SSSR count). The van der Waals surface area contributed by atoms with Gasteiger partial charge in [-0.3, -0.25) is 9.10 Å². The maximum absolute atomic E-state index is 13.5. The van der Waals surface area contributed by atoms with Crippen LogP contribution in [0, 0.1) is 0 Å². The van der Waals surface area contributed by atoms with Crippen molar-refractivity contribution in [2.24, 2.45) is 5.10 Å². The number of benzene rings is 3. The number of anilines is 1. The molecular weight excluding hydrogens is 450 g/mol. The number of rotatable bonds is 10. The van der Waals surface area contributed by atoms with Gasteiger partial charge in [0.15, 0.2) is 0 Å². The Hall–Kier alpha value is -3.65. The highest BCUT2D eigenvalue weighted by atomic mass is 32.2. The van der Waals surface area contributed by atoms with Crippen LogP contribution in [0.1, 0.15) is 42.6 Å². The largest absolute Gasteiger partial charge is 0.497 e. The second-order valence-electron chi connectivity index (χ2n) is 7.55. The molecule has 1 amide bonds. The van der Waals surface area contributed by atoms with Gasteiger partial charge in [-0.1, -0.05) is 44.2 Å². The van der Waals surface area contributed by atoms with Crippen LogP contribution in [0.3, 0.4) is 0 Å². The normalized spacial score (nSPS) is 10.9. The molecule has 0 bridgehead atoms. The highest BCUT2D eigenvalue weighted by molar-refractivity contribution is 7.92. The number of nitrogens with one attached hydrogen (secondary N) is 1. The molecule has 0 aliphatic rings. The van der Waals surface area contributed by atoms with E-state index in [9.17, 15) is 13.2 Å². The van der Waals surface area contributed by atoms with Crippen LogP contribution in [-0.4, -0.2) is 27.1 Å². The van der Waals surface area contributed by atoms with Gasteiger partial charge in [0.25, 0.3) is 15.9 Å². The van der Waals surface area contributed by atoms with Gasteiger partial charge in [0.2, 0.25) is 0 Å². The van der Waals surface area contributed by atoms with Crippen LogP contribution >= 0.6 is 0 Å². The Kier molecular flexibility index (Phi) is 8.43. The molecule has 0 spiro atoms. The van der Waals surface area contributed by atoms with E-state index in [1.807, 2.05) is 13.8 Å². The standard InChI is InChI=1S/C26H29N3O4S/c1-4-22(5-2)27-28-26(30)21-13-11-20(12-14-21)19-29(23-15-17-24(33-3)18-16-23)34(31,32)25-9-7-6-8-10-25/h6-18H,4-5,19H2,1-3H3,(H,28,30). The van der Waals surface area contributed by atoms with Crippen LogP contribution in [0.5, 0.6) is 5.75 Å². The van der Waals surface area contributed by atoms with Crippen LogP contribution in [0.15, 0.2) is 88.9 Å². The lowest BCUT2D eigenvalue weighted by Gasteiger charge is -2.25. The van der Waals surface area contributed by atoms with E-state index in [0.717, 1.165) is 24.1 Å². The summed E-state index contributed by atoms with van der Waals surface area (Å²) in [6.45, 7) is 4.07. The Morgan fingerprint density at radius 2 is 1.53 bits per heavy atom. The minimum Gasteiger partial charge on any atom is -0.497 e. The number of hydrazone groups is 1. The molecule has 8 heteroatoms. The minimum atomic E-state index is -3.83. The number of hydrogen-bond donors (Lipinski definition) is 1. The first-order valence-electron chi connectivity index (χ1n) is 11.1. The summed E-state index contributed by atoms with van der Waals surface area (Å²) in [7, 11) is -2.27. The van der Waals surface area contributed by atoms with Crippen LogP contribution in [-0.2, 0) is 16.6 Å². The van der Waals surface area contributed by atoms with E-state index in [1.54, 1.807) is 86.0 Å². The van der Waals surface area contributed by atoms with Gasteiger partial charge in [-0.05, 0) is 66.9 Å². The Bertz CT molecular complexity index is 1220. The fourth-order valence-electron chi connectivity index (χ4n) is 3.31. The summed E-state index contributed by atoms with van der Waals surface area (Å²) in [5.74, 6) is 0.322. The summed E-state index contributed by atoms with van der Waals surface area (Å²) in [5, 5.41) is 4.15. The van der Waals surface area contributed by atoms with E-state index in [0.29, 0.717) is 17.0 Å². The smallest absolute Gasteiger partial charge is 0.271 e. The Balaban J connectivity index is 1.88. The third-order valence-corrected chi connectivity index (χ3v) is 7.15. The second-order valence-corrected chi connectivity index (χ2v) is 9.41. The van der Waals surface area contributed by atoms with Gasteiger partial charge in [0.05, 0.1) is 24.2 Å². The van der Waals surface area contributed by atoms with Crippen molar-refractivity contribution in [2.75, 3.05) is 11.4 Å². The van der Waals surface area contributed by atoms with Gasteiger partial charge in [0.1, 0.15) is 5.75 Å². The lowest BCUT2D eigenvalue weighted by Crippen LogP contribution is -2.30. The van der Waals surface area contributed by atoms with Crippen molar-refractivity contribution in [2.45, 2.75) is 38.1 Å². The number of hydrogen-bond acceptors (Lipinski definition) is 5. The van der Waals surface area contributed by atoms with Crippen molar-refractivity contribution in [1.29, 1.82) is 0 Å². The predicted molar refractivity (Wildman–Crippen MR) is 135 cm³/mol. The number of ether oxygens (including phenoxy) is 1. The predicted octanol–water partition coefficient (Wildman–Crippen LogP) is 5.00. The molecule has 178 valence electrons. The maximum atomic E-state index is 13.5. The SMILES string of the molecule is CCC(CC)=NNC(=O)c1ccc(CN(c2ccc(OC)cc2)S(=O)(=O)c2ccccc2)cc1. The molecule has 0 radical (unpaired) electrons. The molecule has 0 saturated heterocycles. The fourth-order valence-corrected chi connectivity index (χ4v) is 4.79. The molecule has 0 saturated carbocycles. The van der Waals surface area contributed by atoms with Crippen molar-refractivity contribution in [1.82, 2.24) is 5.43 Å². The van der Waals surface area contributed by atoms with E-state index in [-0.39, 0.29) is 17.3 Å². The lowest BCUT2D eigenvalue weighted by atomic mass is 10.1. The molecule has 0 atom stereocenters. The van der Waals surface area contributed by atoms with Gasteiger partial charge in [-0.25, -0.2) is 13.8 Å². The molecule has 1 N–H and O–H groups in total. The topological polar surface area (TPSA) is 88.1 Å². The zero-order chi connectivity index (χ0) is 24.6. The van der Waals surface area contributed by atoms with Crippen molar-refractivity contribution < 1.29 is 17.9 Å². The van der Waals surface area contributed by atoms with Crippen LogP contribution < -0.4 is 14.5 Å². The van der Waals surface area contributed by atoms with Gasteiger partial charge in [-0.15, -0.1) is 0 Å². The third-order valence-electron chi connectivity index (χ3n) is 5.37. The minimum absolute atomic E-state index is 0.0967. The second kappa shape index (κ2) is 11.5.